The largest absolute Gasteiger partial charge is 0.316 e. The van der Waals surface area contributed by atoms with E-state index in [-0.39, 0.29) is 0 Å². The van der Waals surface area contributed by atoms with Crippen molar-refractivity contribution in [2.45, 2.75) is 0 Å². The van der Waals surface area contributed by atoms with Crippen molar-refractivity contribution in [2.75, 3.05) is 5.32 Å². The summed E-state index contributed by atoms with van der Waals surface area (Å²) in [5.41, 5.74) is 0.907. The fourth-order valence-corrected chi connectivity index (χ4v) is 2.17. The van der Waals surface area contributed by atoms with Gasteiger partial charge in [0.05, 0.1) is 11.3 Å². The highest BCUT2D eigenvalue weighted by Crippen LogP contribution is 2.27. The van der Waals surface area contributed by atoms with Crippen molar-refractivity contribution in [1.29, 1.82) is 0 Å². The second-order valence-electron chi connectivity index (χ2n) is 3.47. The SMILES string of the molecule is Fc1n[nH]cc1-c1csc(Nc2ccccn2)n1. The van der Waals surface area contributed by atoms with E-state index >= 15 is 0 Å². The van der Waals surface area contributed by atoms with Gasteiger partial charge in [-0.05, 0) is 12.1 Å². The topological polar surface area (TPSA) is 66.5 Å². The Labute approximate surface area is 106 Å². The molecule has 0 bridgehead atoms. The first-order valence-electron chi connectivity index (χ1n) is 5.16. The minimum atomic E-state index is -0.551. The first-order valence-corrected chi connectivity index (χ1v) is 6.04. The Morgan fingerprint density at radius 3 is 3.00 bits per heavy atom. The van der Waals surface area contributed by atoms with Crippen LogP contribution >= 0.6 is 11.3 Å². The third-order valence-electron chi connectivity index (χ3n) is 2.27. The minimum absolute atomic E-state index is 0.361. The normalized spacial score (nSPS) is 10.5. The van der Waals surface area contributed by atoms with Gasteiger partial charge in [-0.2, -0.15) is 4.39 Å². The molecule has 3 rings (SSSR count). The predicted molar refractivity (Wildman–Crippen MR) is 67.2 cm³/mol. The number of anilines is 2. The number of rotatable bonds is 3. The van der Waals surface area contributed by atoms with E-state index in [0.29, 0.717) is 22.2 Å². The van der Waals surface area contributed by atoms with Crippen LogP contribution in [-0.2, 0) is 0 Å². The number of hydrogen-bond donors (Lipinski definition) is 2. The molecule has 18 heavy (non-hydrogen) atoms. The van der Waals surface area contributed by atoms with Crippen molar-refractivity contribution in [3.05, 3.63) is 41.9 Å². The molecule has 0 amide bonds. The summed E-state index contributed by atoms with van der Waals surface area (Å²) in [6.45, 7) is 0. The number of aromatic nitrogens is 4. The smallest absolute Gasteiger partial charge is 0.241 e. The average molecular weight is 261 g/mol. The maximum Gasteiger partial charge on any atom is 0.241 e. The van der Waals surface area contributed by atoms with E-state index in [1.807, 2.05) is 18.2 Å². The highest BCUT2D eigenvalue weighted by molar-refractivity contribution is 7.14. The van der Waals surface area contributed by atoms with Crippen LogP contribution in [0.1, 0.15) is 0 Å². The van der Waals surface area contributed by atoms with Gasteiger partial charge in [0.1, 0.15) is 5.82 Å². The molecule has 3 aromatic rings. The van der Waals surface area contributed by atoms with E-state index < -0.39 is 5.95 Å². The Bertz CT molecular complexity index is 648. The van der Waals surface area contributed by atoms with Crippen LogP contribution in [0.5, 0.6) is 0 Å². The molecular weight excluding hydrogens is 253 g/mol. The molecule has 3 heterocycles. The highest BCUT2D eigenvalue weighted by Gasteiger charge is 2.11. The Hall–Kier alpha value is -2.28. The monoisotopic (exact) mass is 261 g/mol. The zero-order valence-electron chi connectivity index (χ0n) is 9.09. The van der Waals surface area contributed by atoms with Gasteiger partial charge < -0.3 is 5.32 Å². The molecule has 3 aromatic heterocycles. The van der Waals surface area contributed by atoms with E-state index in [0.717, 1.165) is 0 Å². The molecular formula is C11H8FN5S. The fourth-order valence-electron chi connectivity index (χ4n) is 1.45. The van der Waals surface area contributed by atoms with Crippen LogP contribution in [0.4, 0.5) is 15.3 Å². The summed E-state index contributed by atoms with van der Waals surface area (Å²) >= 11 is 1.38. The lowest BCUT2D eigenvalue weighted by Crippen LogP contribution is -1.91. The summed E-state index contributed by atoms with van der Waals surface area (Å²) in [4.78, 5) is 8.40. The van der Waals surface area contributed by atoms with Gasteiger partial charge in [-0.25, -0.2) is 9.97 Å². The lowest BCUT2D eigenvalue weighted by molar-refractivity contribution is 0.581. The van der Waals surface area contributed by atoms with Crippen LogP contribution < -0.4 is 5.32 Å². The molecule has 0 radical (unpaired) electrons. The van der Waals surface area contributed by atoms with Crippen LogP contribution in [0, 0.1) is 5.95 Å². The van der Waals surface area contributed by atoms with Gasteiger partial charge >= 0.3 is 0 Å². The second kappa shape index (κ2) is 4.53. The van der Waals surface area contributed by atoms with Gasteiger partial charge in [0.15, 0.2) is 5.13 Å². The predicted octanol–water partition coefficient (Wildman–Crippen LogP) is 2.81. The Balaban J connectivity index is 1.84. The standard InChI is InChI=1S/C11H8FN5S/c12-10-7(5-14-17-10)8-6-18-11(15-8)16-9-3-1-2-4-13-9/h1-6H,(H,14,17)(H,13,15,16). The molecule has 0 saturated heterocycles. The lowest BCUT2D eigenvalue weighted by Gasteiger charge is -1.99. The molecule has 0 spiro atoms. The lowest BCUT2D eigenvalue weighted by atomic mass is 10.3. The molecule has 0 aliphatic carbocycles. The first-order chi connectivity index (χ1) is 8.83. The highest BCUT2D eigenvalue weighted by atomic mass is 32.1. The Morgan fingerprint density at radius 2 is 2.28 bits per heavy atom. The molecule has 0 unspecified atom stereocenters. The molecule has 0 aliphatic rings. The molecule has 5 nitrogen and oxygen atoms in total. The molecule has 0 aliphatic heterocycles. The summed E-state index contributed by atoms with van der Waals surface area (Å²) in [6.07, 6.45) is 3.17. The van der Waals surface area contributed by atoms with Crippen molar-refractivity contribution in [1.82, 2.24) is 20.2 Å². The maximum atomic E-state index is 13.3. The van der Waals surface area contributed by atoms with E-state index in [1.54, 1.807) is 11.6 Å². The van der Waals surface area contributed by atoms with E-state index in [1.165, 1.54) is 17.5 Å². The zero-order valence-corrected chi connectivity index (χ0v) is 9.91. The molecule has 0 aromatic carbocycles. The third kappa shape index (κ3) is 2.07. The van der Waals surface area contributed by atoms with E-state index in [2.05, 4.69) is 25.5 Å². The molecule has 2 N–H and O–H groups in total. The Morgan fingerprint density at radius 1 is 1.33 bits per heavy atom. The van der Waals surface area contributed by atoms with Crippen molar-refractivity contribution < 1.29 is 4.39 Å². The number of nitrogens with zero attached hydrogens (tertiary/aromatic N) is 3. The zero-order chi connectivity index (χ0) is 12.4. The maximum absolute atomic E-state index is 13.3. The number of H-pyrrole nitrogens is 1. The van der Waals surface area contributed by atoms with Crippen molar-refractivity contribution in [3.63, 3.8) is 0 Å². The molecule has 0 atom stereocenters. The quantitative estimate of drug-likeness (QED) is 0.760. The van der Waals surface area contributed by atoms with Gasteiger partial charge in [0.25, 0.3) is 0 Å². The van der Waals surface area contributed by atoms with Crippen molar-refractivity contribution in [3.8, 4) is 11.3 Å². The van der Waals surface area contributed by atoms with E-state index in [4.69, 9.17) is 0 Å². The van der Waals surface area contributed by atoms with Gasteiger partial charge in [0, 0.05) is 17.8 Å². The molecule has 7 heteroatoms. The van der Waals surface area contributed by atoms with Crippen LogP contribution in [0.15, 0.2) is 36.0 Å². The number of pyridine rings is 1. The van der Waals surface area contributed by atoms with Crippen molar-refractivity contribution >= 4 is 22.3 Å². The summed E-state index contributed by atoms with van der Waals surface area (Å²) in [5.74, 6) is 0.149. The van der Waals surface area contributed by atoms with E-state index in [9.17, 15) is 4.39 Å². The number of thiazole rings is 1. The van der Waals surface area contributed by atoms with Gasteiger partial charge in [-0.3, -0.25) is 5.10 Å². The molecule has 0 saturated carbocycles. The van der Waals surface area contributed by atoms with Gasteiger partial charge in [0.2, 0.25) is 5.95 Å². The second-order valence-corrected chi connectivity index (χ2v) is 4.33. The number of hydrogen-bond acceptors (Lipinski definition) is 5. The van der Waals surface area contributed by atoms with Crippen molar-refractivity contribution in [2.24, 2.45) is 0 Å². The van der Waals surface area contributed by atoms with Crippen LogP contribution in [0.3, 0.4) is 0 Å². The van der Waals surface area contributed by atoms with Gasteiger partial charge in [-0.15, -0.1) is 16.4 Å². The number of nitrogens with one attached hydrogen (secondary N) is 2. The van der Waals surface area contributed by atoms with Crippen LogP contribution in [0.25, 0.3) is 11.3 Å². The number of aromatic amines is 1. The molecule has 90 valence electrons. The minimum Gasteiger partial charge on any atom is -0.316 e. The third-order valence-corrected chi connectivity index (χ3v) is 3.03. The van der Waals surface area contributed by atoms with Crippen LogP contribution in [-0.4, -0.2) is 20.2 Å². The first kappa shape index (κ1) is 10.8. The molecule has 0 fully saturated rings. The Kier molecular flexibility index (Phi) is 2.73. The summed E-state index contributed by atoms with van der Waals surface area (Å²) < 4.78 is 13.3. The fraction of sp³-hybridized carbons (Fsp3) is 0. The summed E-state index contributed by atoms with van der Waals surface area (Å²) in [7, 11) is 0. The van der Waals surface area contributed by atoms with Crippen LogP contribution in [0.2, 0.25) is 0 Å². The summed E-state index contributed by atoms with van der Waals surface area (Å²) in [6, 6.07) is 5.54. The summed E-state index contributed by atoms with van der Waals surface area (Å²) in [5, 5.41) is 11.4. The van der Waals surface area contributed by atoms with Gasteiger partial charge in [-0.1, -0.05) is 6.07 Å². The average Bonchev–Trinajstić information content (AvgIpc) is 2.99. The number of halogens is 1.